The third-order valence-corrected chi connectivity index (χ3v) is 3.80. The topological polar surface area (TPSA) is 76.8 Å². The van der Waals surface area contributed by atoms with Crippen molar-refractivity contribution in [3.8, 4) is 5.75 Å². The van der Waals surface area contributed by atoms with Crippen molar-refractivity contribution in [3.05, 3.63) is 34.9 Å². The van der Waals surface area contributed by atoms with Crippen LogP contribution in [0, 0.1) is 0 Å². The third kappa shape index (κ3) is 2.90. The van der Waals surface area contributed by atoms with Crippen LogP contribution in [0.4, 0.5) is 0 Å². The SMILES string of the molecule is CCC(Oc1ccc2c(cnc(=O)n2O)c1)N1CCOCC1. The molecule has 1 aliphatic rings. The second-order valence-electron chi connectivity index (χ2n) is 5.20. The number of nitrogens with zero attached hydrogens (tertiary/aromatic N) is 3. The molecule has 1 aromatic carbocycles. The standard InChI is InChI=1S/C15H19N3O4/c1-2-14(17-5-7-21-8-6-17)22-12-3-4-13-11(9-12)10-16-15(19)18(13)20/h3-4,9-10,14,20H,2,5-8H2,1H3. The molecule has 1 fully saturated rings. The van der Waals surface area contributed by atoms with Crippen molar-refractivity contribution in [1.29, 1.82) is 0 Å². The van der Waals surface area contributed by atoms with Crippen molar-refractivity contribution in [2.75, 3.05) is 26.3 Å². The van der Waals surface area contributed by atoms with Crippen LogP contribution in [0.25, 0.3) is 10.9 Å². The summed E-state index contributed by atoms with van der Waals surface area (Å²) >= 11 is 0. The summed E-state index contributed by atoms with van der Waals surface area (Å²) in [6, 6.07) is 5.18. The highest BCUT2D eigenvalue weighted by Gasteiger charge is 2.21. The number of rotatable bonds is 4. The molecule has 0 saturated carbocycles. The summed E-state index contributed by atoms with van der Waals surface area (Å²) in [5, 5.41) is 10.3. The number of hydrogen-bond donors (Lipinski definition) is 1. The molecule has 1 N–H and O–H groups in total. The molecule has 1 saturated heterocycles. The minimum atomic E-state index is -0.694. The van der Waals surface area contributed by atoms with Crippen LogP contribution in [0.5, 0.6) is 5.75 Å². The maximum atomic E-state index is 11.3. The number of hydrogen-bond acceptors (Lipinski definition) is 6. The molecule has 3 rings (SSSR count). The molecule has 0 aliphatic carbocycles. The first kappa shape index (κ1) is 14.8. The van der Waals surface area contributed by atoms with Gasteiger partial charge in [-0.1, -0.05) is 6.92 Å². The molecule has 1 aromatic heterocycles. The zero-order chi connectivity index (χ0) is 15.5. The largest absolute Gasteiger partial charge is 0.475 e. The van der Waals surface area contributed by atoms with Gasteiger partial charge in [-0.15, -0.1) is 4.73 Å². The third-order valence-electron chi connectivity index (χ3n) is 3.80. The minimum absolute atomic E-state index is 0.0191. The molecule has 22 heavy (non-hydrogen) atoms. The van der Waals surface area contributed by atoms with Gasteiger partial charge in [0.05, 0.1) is 18.7 Å². The Morgan fingerprint density at radius 1 is 1.41 bits per heavy atom. The lowest BCUT2D eigenvalue weighted by molar-refractivity contribution is -0.0468. The Labute approximate surface area is 127 Å². The van der Waals surface area contributed by atoms with Crippen LogP contribution in [-0.4, -0.2) is 52.4 Å². The maximum Gasteiger partial charge on any atom is 0.380 e. The number of fused-ring (bicyclic) bond motifs is 1. The van der Waals surface area contributed by atoms with E-state index in [1.165, 1.54) is 6.20 Å². The minimum Gasteiger partial charge on any atom is -0.475 e. The summed E-state index contributed by atoms with van der Waals surface area (Å²) < 4.78 is 12.0. The Morgan fingerprint density at radius 3 is 2.91 bits per heavy atom. The molecule has 0 bridgehead atoms. The van der Waals surface area contributed by atoms with Gasteiger partial charge in [0.25, 0.3) is 0 Å². The highest BCUT2D eigenvalue weighted by molar-refractivity contribution is 5.79. The van der Waals surface area contributed by atoms with Crippen LogP contribution in [-0.2, 0) is 4.74 Å². The lowest BCUT2D eigenvalue weighted by Crippen LogP contribution is -2.46. The van der Waals surface area contributed by atoms with Gasteiger partial charge in [0.15, 0.2) is 6.23 Å². The highest BCUT2D eigenvalue weighted by Crippen LogP contribution is 2.21. The lowest BCUT2D eigenvalue weighted by atomic mass is 10.2. The fourth-order valence-electron chi connectivity index (χ4n) is 2.62. The summed E-state index contributed by atoms with van der Waals surface area (Å²) in [7, 11) is 0. The predicted molar refractivity (Wildman–Crippen MR) is 80.3 cm³/mol. The Morgan fingerprint density at radius 2 is 2.18 bits per heavy atom. The van der Waals surface area contributed by atoms with E-state index < -0.39 is 5.69 Å². The van der Waals surface area contributed by atoms with Crippen molar-refractivity contribution in [2.45, 2.75) is 19.6 Å². The van der Waals surface area contributed by atoms with Gasteiger partial charge in [-0.25, -0.2) is 4.79 Å². The lowest BCUT2D eigenvalue weighted by Gasteiger charge is -2.33. The fourth-order valence-corrected chi connectivity index (χ4v) is 2.62. The first-order chi connectivity index (χ1) is 10.7. The molecule has 1 aliphatic heterocycles. The van der Waals surface area contributed by atoms with Crippen LogP contribution in [0.15, 0.2) is 29.2 Å². The molecule has 1 atom stereocenters. The van der Waals surface area contributed by atoms with E-state index in [1.807, 2.05) is 0 Å². The van der Waals surface area contributed by atoms with E-state index in [0.717, 1.165) is 32.7 Å². The Balaban J connectivity index is 1.83. The normalized spacial score (nSPS) is 17.5. The molecule has 2 aromatic rings. The average molecular weight is 305 g/mol. The molecule has 1 unspecified atom stereocenters. The number of morpholine rings is 1. The molecule has 0 spiro atoms. The van der Waals surface area contributed by atoms with Gasteiger partial charge in [0.2, 0.25) is 0 Å². The molecular weight excluding hydrogens is 286 g/mol. The molecule has 118 valence electrons. The molecule has 7 nitrogen and oxygen atoms in total. The summed E-state index contributed by atoms with van der Waals surface area (Å²) in [4.78, 5) is 17.2. The van der Waals surface area contributed by atoms with Crippen molar-refractivity contribution in [2.24, 2.45) is 0 Å². The number of ether oxygens (including phenoxy) is 2. The number of aromatic nitrogens is 2. The van der Waals surface area contributed by atoms with Gasteiger partial charge < -0.3 is 14.7 Å². The second-order valence-corrected chi connectivity index (χ2v) is 5.20. The second kappa shape index (κ2) is 6.33. The molecule has 0 radical (unpaired) electrons. The zero-order valence-corrected chi connectivity index (χ0v) is 12.4. The summed E-state index contributed by atoms with van der Waals surface area (Å²) in [5.41, 5.74) is -0.285. The van der Waals surface area contributed by atoms with E-state index in [0.29, 0.717) is 21.4 Å². The molecule has 2 heterocycles. The average Bonchev–Trinajstić information content (AvgIpc) is 2.57. The Bertz CT molecular complexity index is 709. The van der Waals surface area contributed by atoms with Gasteiger partial charge >= 0.3 is 5.69 Å². The highest BCUT2D eigenvalue weighted by atomic mass is 16.5. The first-order valence-electron chi connectivity index (χ1n) is 7.38. The van der Waals surface area contributed by atoms with E-state index in [-0.39, 0.29) is 6.23 Å². The van der Waals surface area contributed by atoms with Crippen LogP contribution in [0.2, 0.25) is 0 Å². The van der Waals surface area contributed by atoms with Crippen LogP contribution >= 0.6 is 0 Å². The number of benzene rings is 1. The summed E-state index contributed by atoms with van der Waals surface area (Å²) in [5.74, 6) is 0.686. The predicted octanol–water partition coefficient (Wildman–Crippen LogP) is 1.08. The Hall–Kier alpha value is -2.12. The summed E-state index contributed by atoms with van der Waals surface area (Å²) in [6.45, 7) is 5.22. The maximum absolute atomic E-state index is 11.3. The fraction of sp³-hybridized carbons (Fsp3) is 0.467. The van der Waals surface area contributed by atoms with Crippen molar-refractivity contribution in [3.63, 3.8) is 0 Å². The van der Waals surface area contributed by atoms with E-state index in [2.05, 4.69) is 16.8 Å². The molecule has 0 amide bonds. The monoisotopic (exact) mass is 305 g/mol. The van der Waals surface area contributed by atoms with Crippen molar-refractivity contribution >= 4 is 10.9 Å². The van der Waals surface area contributed by atoms with Crippen molar-refractivity contribution < 1.29 is 14.7 Å². The first-order valence-corrected chi connectivity index (χ1v) is 7.38. The van der Waals surface area contributed by atoms with E-state index >= 15 is 0 Å². The van der Waals surface area contributed by atoms with Gasteiger partial charge in [0, 0.05) is 24.7 Å². The zero-order valence-electron chi connectivity index (χ0n) is 12.4. The van der Waals surface area contributed by atoms with Crippen LogP contribution in [0.3, 0.4) is 0 Å². The van der Waals surface area contributed by atoms with Gasteiger partial charge in [-0.05, 0) is 24.6 Å². The van der Waals surface area contributed by atoms with Gasteiger partial charge in [0.1, 0.15) is 5.75 Å². The van der Waals surface area contributed by atoms with Crippen molar-refractivity contribution in [1.82, 2.24) is 14.6 Å². The van der Waals surface area contributed by atoms with Crippen LogP contribution in [0.1, 0.15) is 13.3 Å². The van der Waals surface area contributed by atoms with Crippen LogP contribution < -0.4 is 10.4 Å². The summed E-state index contributed by atoms with van der Waals surface area (Å²) in [6.07, 6.45) is 2.28. The smallest absolute Gasteiger partial charge is 0.380 e. The Kier molecular flexibility index (Phi) is 4.26. The quantitative estimate of drug-likeness (QED) is 0.852. The molecule has 7 heteroatoms. The van der Waals surface area contributed by atoms with Gasteiger partial charge in [-0.3, -0.25) is 4.90 Å². The van der Waals surface area contributed by atoms with E-state index in [4.69, 9.17) is 9.47 Å². The molecular formula is C15H19N3O4. The van der Waals surface area contributed by atoms with E-state index in [9.17, 15) is 10.0 Å². The van der Waals surface area contributed by atoms with Gasteiger partial charge in [-0.2, -0.15) is 4.98 Å². The van der Waals surface area contributed by atoms with E-state index in [1.54, 1.807) is 18.2 Å².